The number of hydrogen-bond donors (Lipinski definition) is 1. The Morgan fingerprint density at radius 3 is 2.50 bits per heavy atom. The van der Waals surface area contributed by atoms with E-state index in [0.717, 1.165) is 11.1 Å². The highest BCUT2D eigenvalue weighted by Crippen LogP contribution is 2.20. The maximum Gasteiger partial charge on any atom is 0.253 e. The van der Waals surface area contributed by atoms with Gasteiger partial charge in [0.05, 0.1) is 6.42 Å². The maximum absolute atomic E-state index is 12.4. The summed E-state index contributed by atoms with van der Waals surface area (Å²) in [6, 6.07) is 16.2. The Morgan fingerprint density at radius 2 is 1.88 bits per heavy atom. The summed E-state index contributed by atoms with van der Waals surface area (Å²) in [5.41, 5.74) is 1.76. The molecule has 2 aromatic carbocycles. The van der Waals surface area contributed by atoms with Crippen LogP contribution in [0.3, 0.4) is 0 Å². The molecule has 0 radical (unpaired) electrons. The predicted molar refractivity (Wildman–Crippen MR) is 90.6 cm³/mol. The fraction of sp³-hybridized carbons (Fsp3) is 0.167. The Kier molecular flexibility index (Phi) is 4.91. The average Bonchev–Trinajstić information content (AvgIpc) is 3.02. The number of benzene rings is 2. The first-order valence-corrected chi connectivity index (χ1v) is 7.88. The van der Waals surface area contributed by atoms with E-state index in [1.807, 2.05) is 42.5 Å². The van der Waals surface area contributed by atoms with Crippen molar-refractivity contribution in [3.63, 3.8) is 0 Å². The third-order valence-corrected chi connectivity index (χ3v) is 3.76. The third-order valence-electron chi connectivity index (χ3n) is 3.51. The lowest BCUT2D eigenvalue weighted by molar-refractivity contribution is -0.121. The molecule has 1 atom stereocenters. The summed E-state index contributed by atoms with van der Waals surface area (Å²) in [5.74, 6) is 0.753. The van der Waals surface area contributed by atoms with Gasteiger partial charge in [0.15, 0.2) is 5.82 Å². The van der Waals surface area contributed by atoms with Crippen LogP contribution in [-0.2, 0) is 11.2 Å². The van der Waals surface area contributed by atoms with Crippen LogP contribution in [0.1, 0.15) is 28.9 Å². The lowest BCUT2D eigenvalue weighted by Gasteiger charge is -2.15. The van der Waals surface area contributed by atoms with E-state index in [0.29, 0.717) is 16.7 Å². The van der Waals surface area contributed by atoms with Crippen LogP contribution in [0.15, 0.2) is 59.1 Å². The lowest BCUT2D eigenvalue weighted by atomic mass is 10.1. The van der Waals surface area contributed by atoms with E-state index in [4.69, 9.17) is 16.1 Å². The molecule has 24 heavy (non-hydrogen) atoms. The molecule has 0 bridgehead atoms. The molecule has 0 spiro atoms. The molecule has 0 fully saturated rings. The van der Waals surface area contributed by atoms with Crippen molar-refractivity contribution < 1.29 is 9.32 Å². The zero-order valence-corrected chi connectivity index (χ0v) is 13.8. The smallest absolute Gasteiger partial charge is 0.253 e. The van der Waals surface area contributed by atoms with Crippen molar-refractivity contribution in [1.29, 1.82) is 0 Å². The van der Waals surface area contributed by atoms with Gasteiger partial charge in [-0.15, -0.1) is 0 Å². The van der Waals surface area contributed by atoms with Crippen LogP contribution in [0.25, 0.3) is 0 Å². The van der Waals surface area contributed by atoms with Gasteiger partial charge >= 0.3 is 0 Å². The van der Waals surface area contributed by atoms with Gasteiger partial charge in [-0.1, -0.05) is 59.2 Å². The summed E-state index contributed by atoms with van der Waals surface area (Å²) in [4.78, 5) is 16.7. The summed E-state index contributed by atoms with van der Waals surface area (Å²) in [5, 5.41) is 7.41. The van der Waals surface area contributed by atoms with Crippen LogP contribution >= 0.6 is 11.6 Å². The molecule has 0 saturated carbocycles. The minimum atomic E-state index is -0.479. The zero-order chi connectivity index (χ0) is 16.9. The number of aryl methyl sites for hydroxylation is 1. The number of carbonyl (C=O) groups is 1. The highest BCUT2D eigenvalue weighted by molar-refractivity contribution is 6.30. The molecule has 6 heteroatoms. The van der Waals surface area contributed by atoms with Gasteiger partial charge in [-0.25, -0.2) is 0 Å². The van der Waals surface area contributed by atoms with E-state index in [9.17, 15) is 4.79 Å². The van der Waals surface area contributed by atoms with Crippen LogP contribution < -0.4 is 5.32 Å². The predicted octanol–water partition coefficient (Wildman–Crippen LogP) is 3.48. The Morgan fingerprint density at radius 1 is 1.17 bits per heavy atom. The van der Waals surface area contributed by atoms with Crippen molar-refractivity contribution in [1.82, 2.24) is 15.5 Å². The molecule has 0 aliphatic carbocycles. The van der Waals surface area contributed by atoms with Gasteiger partial charge in [0.1, 0.15) is 6.04 Å². The van der Waals surface area contributed by atoms with Gasteiger partial charge in [-0.2, -0.15) is 4.98 Å². The van der Waals surface area contributed by atoms with Gasteiger partial charge < -0.3 is 9.84 Å². The molecular weight excluding hydrogens is 326 g/mol. The van der Waals surface area contributed by atoms with Crippen LogP contribution in [0.2, 0.25) is 5.02 Å². The molecule has 1 unspecified atom stereocenters. The van der Waals surface area contributed by atoms with Crippen LogP contribution in [0, 0.1) is 6.92 Å². The zero-order valence-electron chi connectivity index (χ0n) is 13.1. The van der Waals surface area contributed by atoms with E-state index >= 15 is 0 Å². The summed E-state index contributed by atoms with van der Waals surface area (Å²) in [6.07, 6.45) is 0.244. The van der Waals surface area contributed by atoms with Crippen LogP contribution in [0.5, 0.6) is 0 Å². The summed E-state index contributed by atoms with van der Waals surface area (Å²) < 4.78 is 5.25. The standard InChI is InChI=1S/C18H16ClN3O2/c1-12-20-18(24-22-12)17(14-5-3-2-4-6-14)21-16(23)11-13-7-9-15(19)10-8-13/h2-10,17H,11H2,1H3,(H,21,23). The molecule has 122 valence electrons. The molecule has 3 aromatic rings. The molecule has 0 aliphatic rings. The van der Waals surface area contributed by atoms with Crippen LogP contribution in [-0.4, -0.2) is 16.0 Å². The number of rotatable bonds is 5. The van der Waals surface area contributed by atoms with Crippen LogP contribution in [0.4, 0.5) is 0 Å². The van der Waals surface area contributed by atoms with Crippen molar-refractivity contribution in [3.8, 4) is 0 Å². The molecule has 3 rings (SSSR count). The van der Waals surface area contributed by atoms with E-state index in [1.165, 1.54) is 0 Å². The minimum Gasteiger partial charge on any atom is -0.340 e. The van der Waals surface area contributed by atoms with E-state index < -0.39 is 6.04 Å². The second-order valence-corrected chi connectivity index (χ2v) is 5.83. The quantitative estimate of drug-likeness (QED) is 0.771. The summed E-state index contributed by atoms with van der Waals surface area (Å²) >= 11 is 5.87. The van der Waals surface area contributed by atoms with Crippen molar-refractivity contribution >= 4 is 17.5 Å². The molecule has 1 aromatic heterocycles. The van der Waals surface area contributed by atoms with E-state index in [1.54, 1.807) is 19.1 Å². The molecule has 0 aliphatic heterocycles. The number of amides is 1. The first kappa shape index (κ1) is 16.2. The second kappa shape index (κ2) is 7.27. The van der Waals surface area contributed by atoms with Crippen molar-refractivity contribution in [2.45, 2.75) is 19.4 Å². The highest BCUT2D eigenvalue weighted by Gasteiger charge is 2.22. The number of hydrogen-bond acceptors (Lipinski definition) is 4. The van der Waals surface area contributed by atoms with Crippen molar-refractivity contribution in [2.75, 3.05) is 0 Å². The molecule has 1 N–H and O–H groups in total. The summed E-state index contributed by atoms with van der Waals surface area (Å²) in [7, 11) is 0. The fourth-order valence-electron chi connectivity index (χ4n) is 2.36. The number of carbonyl (C=O) groups excluding carboxylic acids is 1. The monoisotopic (exact) mass is 341 g/mol. The molecule has 1 heterocycles. The number of halogens is 1. The maximum atomic E-state index is 12.4. The largest absolute Gasteiger partial charge is 0.340 e. The summed E-state index contributed by atoms with van der Waals surface area (Å²) in [6.45, 7) is 1.74. The lowest BCUT2D eigenvalue weighted by Crippen LogP contribution is -2.30. The molecular formula is C18H16ClN3O2. The number of aromatic nitrogens is 2. The minimum absolute atomic E-state index is 0.137. The van der Waals surface area contributed by atoms with Gasteiger partial charge in [0.25, 0.3) is 5.89 Å². The Bertz CT molecular complexity index is 816. The van der Waals surface area contributed by atoms with E-state index in [2.05, 4.69) is 15.5 Å². The topological polar surface area (TPSA) is 68.0 Å². The molecule has 5 nitrogen and oxygen atoms in total. The fourth-order valence-corrected chi connectivity index (χ4v) is 2.49. The first-order valence-electron chi connectivity index (χ1n) is 7.51. The Labute approximate surface area is 144 Å². The second-order valence-electron chi connectivity index (χ2n) is 5.39. The van der Waals surface area contributed by atoms with Gasteiger partial charge in [-0.05, 0) is 30.2 Å². The SMILES string of the molecule is Cc1noc(C(NC(=O)Cc2ccc(Cl)cc2)c2ccccc2)n1. The van der Waals surface area contributed by atoms with Gasteiger partial charge in [0.2, 0.25) is 5.91 Å². The Balaban J connectivity index is 1.79. The first-order chi connectivity index (χ1) is 11.6. The van der Waals surface area contributed by atoms with Gasteiger partial charge in [0, 0.05) is 5.02 Å². The third kappa shape index (κ3) is 4.00. The number of nitrogens with zero attached hydrogens (tertiary/aromatic N) is 2. The molecule has 0 saturated heterocycles. The average molecular weight is 342 g/mol. The van der Waals surface area contributed by atoms with Crippen molar-refractivity contribution in [3.05, 3.63) is 82.5 Å². The van der Waals surface area contributed by atoms with E-state index in [-0.39, 0.29) is 12.3 Å². The Hall–Kier alpha value is -2.66. The molecule has 1 amide bonds. The normalized spacial score (nSPS) is 11.9. The number of nitrogens with one attached hydrogen (secondary N) is 1. The van der Waals surface area contributed by atoms with Gasteiger partial charge in [-0.3, -0.25) is 4.79 Å². The highest BCUT2D eigenvalue weighted by atomic mass is 35.5. The van der Waals surface area contributed by atoms with Crippen molar-refractivity contribution in [2.24, 2.45) is 0 Å².